The number of carboxylic acid groups (broad SMARTS) is 3. The standard InChI is InChI=1S/C32H31N7O14S2/c33-31-34-16(10-55-31)21(36-53-19(29(48)49)7-20(42)43)24(44)35-22-27(47)37-23(30(50)51)13(9-54-28(22)37)8-39-3-1-32(11-39,2-4-39)12-52-38-25(45)14-5-17(40)18(41)6-15(14)26(38)46/h5-6,10,19,22,28H,1-4,7-9,11-12H2,(H7-,33,34,35,36,40,41,42,43,44,45,46,48,49,50,51)/p+1/t19-,22-,28-,32?,39?/m1/s1. The Morgan fingerprint density at radius 2 is 1.73 bits per heavy atom. The number of hydrogen-bond donors (Lipinski definition) is 7. The number of anilines is 1. The van der Waals surface area contributed by atoms with Crippen molar-refractivity contribution in [2.45, 2.75) is 36.8 Å². The average Bonchev–Trinajstić information content (AvgIpc) is 3.87. The number of oxime groups is 1. The molecule has 2 bridgehead atoms. The van der Waals surface area contributed by atoms with Crippen molar-refractivity contribution in [2.24, 2.45) is 10.6 Å². The summed E-state index contributed by atoms with van der Waals surface area (Å²) in [5.74, 6) is -8.67. The summed E-state index contributed by atoms with van der Waals surface area (Å²) in [5.41, 5.74) is 4.65. The zero-order valence-electron chi connectivity index (χ0n) is 28.4. The Balaban J connectivity index is 1.02. The van der Waals surface area contributed by atoms with Gasteiger partial charge < -0.3 is 45.9 Å². The molecule has 5 aliphatic heterocycles. The first-order valence-electron chi connectivity index (χ1n) is 16.6. The molecule has 6 heterocycles. The number of fused-ring (bicyclic) bond motifs is 4. The number of carbonyl (C=O) groups is 7. The van der Waals surface area contributed by atoms with Crippen LogP contribution in [-0.4, -0.2) is 148 Å². The Hall–Kier alpha value is -5.78. The van der Waals surface area contributed by atoms with Gasteiger partial charge in [0.15, 0.2) is 22.3 Å². The maximum Gasteiger partial charge on any atom is 0.352 e. The number of hydroxylamine groups is 2. The zero-order valence-corrected chi connectivity index (χ0v) is 30.0. The maximum absolute atomic E-state index is 13.5. The van der Waals surface area contributed by atoms with Crippen molar-refractivity contribution in [3.8, 4) is 11.5 Å². The third kappa shape index (κ3) is 6.68. The lowest BCUT2D eigenvalue weighted by molar-refractivity contribution is -0.905. The van der Waals surface area contributed by atoms with Crippen LogP contribution in [0.5, 0.6) is 11.5 Å². The molecule has 1 aromatic heterocycles. The summed E-state index contributed by atoms with van der Waals surface area (Å²) >= 11 is 2.16. The Morgan fingerprint density at radius 1 is 1.07 bits per heavy atom. The summed E-state index contributed by atoms with van der Waals surface area (Å²) in [6.07, 6.45) is -1.62. The number of rotatable bonds is 14. The van der Waals surface area contributed by atoms with Crippen LogP contribution >= 0.6 is 23.1 Å². The topological polar surface area (TPSA) is 309 Å². The van der Waals surface area contributed by atoms with Crippen molar-refractivity contribution in [2.75, 3.05) is 44.3 Å². The Kier molecular flexibility index (Phi) is 9.43. The third-order valence-corrected chi connectivity index (χ3v) is 12.3. The number of carbonyl (C=O) groups excluding carboxylic acids is 4. The van der Waals surface area contributed by atoms with Crippen molar-refractivity contribution < 1.29 is 73.3 Å². The largest absolute Gasteiger partial charge is 0.504 e. The molecular formula is C32H32N7O14S2+. The van der Waals surface area contributed by atoms with E-state index in [1.165, 1.54) is 17.1 Å². The lowest BCUT2D eigenvalue weighted by Gasteiger charge is -2.50. The number of benzene rings is 1. The van der Waals surface area contributed by atoms with Crippen LogP contribution in [-0.2, 0) is 33.6 Å². The van der Waals surface area contributed by atoms with Gasteiger partial charge in [0.25, 0.3) is 23.6 Å². The molecule has 290 valence electrons. The van der Waals surface area contributed by atoms with E-state index in [1.807, 2.05) is 0 Å². The van der Waals surface area contributed by atoms with Crippen LogP contribution in [0.4, 0.5) is 5.13 Å². The highest BCUT2D eigenvalue weighted by molar-refractivity contribution is 8.00. The van der Waals surface area contributed by atoms with Gasteiger partial charge in [-0.2, -0.15) is 0 Å². The zero-order chi connectivity index (χ0) is 39.6. The molecule has 3 saturated heterocycles. The Labute approximate surface area is 317 Å². The molecule has 7 rings (SSSR count). The first-order valence-corrected chi connectivity index (χ1v) is 18.5. The molecule has 8 N–H and O–H groups in total. The number of hydrogen-bond acceptors (Lipinski definition) is 16. The van der Waals surface area contributed by atoms with Crippen molar-refractivity contribution >= 4 is 75.5 Å². The molecule has 0 spiro atoms. The number of thioether (sulfide) groups is 1. The number of imide groups is 1. The van der Waals surface area contributed by atoms with Crippen molar-refractivity contribution in [1.82, 2.24) is 20.3 Å². The van der Waals surface area contributed by atoms with E-state index < -0.39 is 88.1 Å². The van der Waals surface area contributed by atoms with Gasteiger partial charge in [-0.3, -0.25) is 33.7 Å². The SMILES string of the molecule is Nc1nc(/C(=N/O[C@H](CC(=O)O)C(=O)O)C(=O)N[C@@H]2C(=O)N3C(C(=O)O)=C(C[N+]45CCC(CON6C(=O)c7cc(O)c(O)cc7C6=O)(CC4)C5)CS[C@H]23)cs1. The van der Waals surface area contributed by atoms with E-state index in [-0.39, 0.29) is 40.0 Å². The van der Waals surface area contributed by atoms with Crippen LogP contribution in [0, 0.1) is 5.41 Å². The summed E-state index contributed by atoms with van der Waals surface area (Å²) < 4.78 is 0.489. The predicted molar refractivity (Wildman–Crippen MR) is 185 cm³/mol. The van der Waals surface area contributed by atoms with Gasteiger partial charge in [0, 0.05) is 29.5 Å². The number of phenols is 2. The number of nitrogens with one attached hydrogen (secondary N) is 1. The van der Waals surface area contributed by atoms with E-state index in [9.17, 15) is 54.0 Å². The van der Waals surface area contributed by atoms with Gasteiger partial charge in [0.1, 0.15) is 29.4 Å². The number of thiazole rings is 1. The summed E-state index contributed by atoms with van der Waals surface area (Å²) in [6.45, 7) is 2.16. The fourth-order valence-electron chi connectivity index (χ4n) is 7.64. The van der Waals surface area contributed by atoms with Crippen LogP contribution in [0.3, 0.4) is 0 Å². The number of phenolic OH excluding ortho intramolecular Hbond substituents is 2. The second-order valence-corrected chi connectivity index (χ2v) is 15.8. The van der Waals surface area contributed by atoms with Crippen LogP contribution < -0.4 is 11.1 Å². The molecule has 0 saturated carbocycles. The molecule has 4 amide bonds. The molecule has 23 heteroatoms. The monoisotopic (exact) mass is 802 g/mol. The number of nitrogen functional groups attached to an aromatic ring is 1. The molecule has 0 aliphatic carbocycles. The number of aromatic nitrogens is 1. The number of aliphatic carboxylic acids is 3. The van der Waals surface area contributed by atoms with Crippen LogP contribution in [0.15, 0.2) is 33.9 Å². The molecular weight excluding hydrogens is 771 g/mol. The number of β-lactam (4-membered cyclic amide) rings is 1. The Bertz CT molecular complexity index is 2090. The Morgan fingerprint density at radius 3 is 2.29 bits per heavy atom. The molecule has 21 nitrogen and oxygen atoms in total. The molecule has 3 fully saturated rings. The highest BCUT2D eigenvalue weighted by Crippen LogP contribution is 2.49. The molecule has 0 unspecified atom stereocenters. The number of piperidine rings is 1. The molecule has 1 aromatic carbocycles. The molecule has 55 heavy (non-hydrogen) atoms. The fraction of sp³-hybridized carbons (Fsp3) is 0.406. The van der Waals surface area contributed by atoms with Gasteiger partial charge in [0.2, 0.25) is 6.10 Å². The highest BCUT2D eigenvalue weighted by Gasteiger charge is 2.59. The number of amides is 4. The van der Waals surface area contributed by atoms with E-state index in [4.69, 9.17) is 20.5 Å². The second kappa shape index (κ2) is 13.8. The van der Waals surface area contributed by atoms with Gasteiger partial charge >= 0.3 is 17.9 Å². The van der Waals surface area contributed by atoms with E-state index >= 15 is 0 Å². The van der Waals surface area contributed by atoms with Gasteiger partial charge in [-0.15, -0.1) is 28.2 Å². The minimum Gasteiger partial charge on any atom is -0.504 e. The number of carboxylic acids is 3. The lowest BCUT2D eigenvalue weighted by atomic mass is 9.86. The van der Waals surface area contributed by atoms with E-state index in [1.54, 1.807) is 0 Å². The number of nitrogens with zero attached hydrogens (tertiary/aromatic N) is 5. The van der Waals surface area contributed by atoms with E-state index in [2.05, 4.69) is 15.5 Å². The molecule has 0 radical (unpaired) electrons. The van der Waals surface area contributed by atoms with Gasteiger partial charge in [-0.25, -0.2) is 14.6 Å². The predicted octanol–water partition coefficient (Wildman–Crippen LogP) is -0.638. The summed E-state index contributed by atoms with van der Waals surface area (Å²) in [7, 11) is 0. The normalized spacial score (nSPS) is 26.1. The summed E-state index contributed by atoms with van der Waals surface area (Å²) in [5, 5.41) is 55.5. The minimum absolute atomic E-state index is 0.0183. The van der Waals surface area contributed by atoms with Crippen LogP contribution in [0.1, 0.15) is 45.7 Å². The number of quaternary nitrogens is 1. The van der Waals surface area contributed by atoms with Crippen molar-refractivity contribution in [1.29, 1.82) is 0 Å². The van der Waals surface area contributed by atoms with Gasteiger partial charge in [-0.05, 0) is 12.1 Å². The van der Waals surface area contributed by atoms with Crippen molar-refractivity contribution in [3.05, 3.63) is 45.6 Å². The smallest absolute Gasteiger partial charge is 0.352 e. The number of aromatic hydroxyl groups is 2. The quantitative estimate of drug-likeness (QED) is 0.0312. The van der Waals surface area contributed by atoms with Gasteiger partial charge in [0.05, 0.1) is 49.2 Å². The first-order chi connectivity index (χ1) is 26.0. The minimum atomic E-state index is -1.95. The lowest BCUT2D eigenvalue weighted by Crippen LogP contribution is -2.71. The molecule has 3 atom stereocenters. The first kappa shape index (κ1) is 37.5. The summed E-state index contributed by atoms with van der Waals surface area (Å²) in [6, 6.07) is 0.795. The highest BCUT2D eigenvalue weighted by atomic mass is 32.2. The summed E-state index contributed by atoms with van der Waals surface area (Å²) in [4.78, 5) is 104. The van der Waals surface area contributed by atoms with E-state index in [0.29, 0.717) is 54.1 Å². The molecule has 2 aromatic rings. The second-order valence-electron chi connectivity index (χ2n) is 13.8. The van der Waals surface area contributed by atoms with Crippen LogP contribution in [0.25, 0.3) is 0 Å². The van der Waals surface area contributed by atoms with E-state index in [0.717, 1.165) is 28.4 Å². The van der Waals surface area contributed by atoms with Gasteiger partial charge in [-0.1, -0.05) is 5.16 Å². The maximum atomic E-state index is 13.5. The third-order valence-electron chi connectivity index (χ3n) is 10.3. The number of nitrogens with two attached hydrogens (primary N) is 1. The fourth-order valence-corrected chi connectivity index (χ4v) is 9.53. The van der Waals surface area contributed by atoms with Crippen LogP contribution in [0.2, 0.25) is 0 Å². The van der Waals surface area contributed by atoms with Crippen molar-refractivity contribution in [3.63, 3.8) is 0 Å². The molecule has 5 aliphatic rings. The average molecular weight is 803 g/mol.